The van der Waals surface area contributed by atoms with Crippen molar-refractivity contribution in [1.29, 1.82) is 0 Å². The van der Waals surface area contributed by atoms with E-state index in [1.165, 1.54) is 16.6 Å². The van der Waals surface area contributed by atoms with Crippen LogP contribution in [-0.4, -0.2) is 9.97 Å². The van der Waals surface area contributed by atoms with E-state index in [0.29, 0.717) is 5.88 Å². The van der Waals surface area contributed by atoms with Gasteiger partial charge in [-0.2, -0.15) is 0 Å². The summed E-state index contributed by atoms with van der Waals surface area (Å²) in [6.07, 6.45) is 2.12. The average molecular weight is 205 g/mol. The zero-order valence-electron chi connectivity index (χ0n) is 7.63. The maximum atomic E-state index is 5.75. The Morgan fingerprint density at radius 2 is 2.14 bits per heavy atom. The molecule has 1 heterocycles. The van der Waals surface area contributed by atoms with Gasteiger partial charge in [0, 0.05) is 5.39 Å². The molecule has 0 N–H and O–H groups in total. The van der Waals surface area contributed by atoms with Gasteiger partial charge in [0.2, 0.25) is 0 Å². The molecule has 1 aromatic carbocycles. The lowest BCUT2D eigenvalue weighted by atomic mass is 10.1. The maximum Gasteiger partial charge on any atom is 0.144 e. The van der Waals surface area contributed by atoms with Gasteiger partial charge in [-0.05, 0) is 24.5 Å². The Labute approximate surface area is 86.9 Å². The van der Waals surface area contributed by atoms with Gasteiger partial charge in [0.15, 0.2) is 0 Å². The Balaban J connectivity index is 2.41. The van der Waals surface area contributed by atoms with E-state index in [0.717, 1.165) is 24.2 Å². The molecular formula is C11H9ClN2. The third kappa shape index (κ3) is 1.04. The van der Waals surface area contributed by atoms with E-state index in [9.17, 15) is 0 Å². The molecule has 1 aromatic heterocycles. The fourth-order valence-corrected chi connectivity index (χ4v) is 2.21. The summed E-state index contributed by atoms with van der Waals surface area (Å²) in [6, 6.07) is 6.24. The van der Waals surface area contributed by atoms with Crippen molar-refractivity contribution in [2.24, 2.45) is 0 Å². The molecule has 2 aromatic rings. The molecule has 0 unspecified atom stereocenters. The number of hydrogen-bond donors (Lipinski definition) is 0. The minimum Gasteiger partial charge on any atom is -0.236 e. The highest BCUT2D eigenvalue weighted by molar-refractivity contribution is 6.16. The van der Waals surface area contributed by atoms with Crippen molar-refractivity contribution in [3.63, 3.8) is 0 Å². The van der Waals surface area contributed by atoms with E-state index in [1.807, 2.05) is 6.07 Å². The molecule has 0 saturated heterocycles. The largest absolute Gasteiger partial charge is 0.236 e. The Morgan fingerprint density at radius 3 is 3.00 bits per heavy atom. The molecule has 70 valence electrons. The zero-order valence-corrected chi connectivity index (χ0v) is 8.38. The highest BCUT2D eigenvalue weighted by Crippen LogP contribution is 2.28. The monoisotopic (exact) mass is 204 g/mol. The lowest BCUT2D eigenvalue weighted by molar-refractivity contribution is 0.940. The van der Waals surface area contributed by atoms with Crippen molar-refractivity contribution in [2.45, 2.75) is 18.7 Å². The minimum atomic E-state index is 0.396. The van der Waals surface area contributed by atoms with E-state index in [1.54, 1.807) is 0 Å². The van der Waals surface area contributed by atoms with E-state index in [-0.39, 0.29) is 0 Å². The number of hydrogen-bond acceptors (Lipinski definition) is 2. The molecule has 0 aliphatic heterocycles. The van der Waals surface area contributed by atoms with Gasteiger partial charge < -0.3 is 0 Å². The van der Waals surface area contributed by atoms with E-state index < -0.39 is 0 Å². The molecule has 1 aliphatic rings. The van der Waals surface area contributed by atoms with Crippen LogP contribution in [0.1, 0.15) is 17.1 Å². The lowest BCUT2D eigenvalue weighted by Crippen LogP contribution is -1.95. The number of nitrogens with zero attached hydrogens (tertiary/aromatic N) is 2. The van der Waals surface area contributed by atoms with Gasteiger partial charge in [-0.25, -0.2) is 9.97 Å². The zero-order chi connectivity index (χ0) is 9.54. The van der Waals surface area contributed by atoms with E-state index in [2.05, 4.69) is 22.1 Å². The van der Waals surface area contributed by atoms with Crippen LogP contribution in [0.4, 0.5) is 0 Å². The molecule has 0 fully saturated rings. The van der Waals surface area contributed by atoms with Crippen molar-refractivity contribution in [3.8, 4) is 0 Å². The summed E-state index contributed by atoms with van der Waals surface area (Å²) in [4.78, 5) is 8.86. The first-order chi connectivity index (χ1) is 6.88. The molecule has 0 saturated carbocycles. The third-order valence-corrected chi connectivity index (χ3v) is 2.92. The summed E-state index contributed by atoms with van der Waals surface area (Å²) in [6.45, 7) is 0. The SMILES string of the molecule is ClCc1nc2c3c(cccc3n1)CC2. The first-order valence-corrected chi connectivity index (χ1v) is 5.25. The van der Waals surface area contributed by atoms with Crippen LogP contribution in [0.3, 0.4) is 0 Å². The van der Waals surface area contributed by atoms with Crippen molar-refractivity contribution >= 4 is 22.5 Å². The van der Waals surface area contributed by atoms with E-state index >= 15 is 0 Å². The molecule has 0 spiro atoms. The molecule has 0 radical (unpaired) electrons. The predicted molar refractivity (Wildman–Crippen MR) is 56.5 cm³/mol. The number of rotatable bonds is 1. The highest BCUT2D eigenvalue weighted by atomic mass is 35.5. The van der Waals surface area contributed by atoms with Crippen LogP contribution >= 0.6 is 11.6 Å². The molecular weight excluding hydrogens is 196 g/mol. The fraction of sp³-hybridized carbons (Fsp3) is 0.273. The van der Waals surface area contributed by atoms with Crippen LogP contribution in [0.2, 0.25) is 0 Å². The van der Waals surface area contributed by atoms with Crippen molar-refractivity contribution in [1.82, 2.24) is 9.97 Å². The van der Waals surface area contributed by atoms with Crippen molar-refractivity contribution < 1.29 is 0 Å². The summed E-state index contributed by atoms with van der Waals surface area (Å²) in [5.41, 5.74) is 3.58. The second-order valence-corrected chi connectivity index (χ2v) is 3.80. The number of aryl methyl sites for hydroxylation is 2. The number of alkyl halides is 1. The molecule has 14 heavy (non-hydrogen) atoms. The Morgan fingerprint density at radius 1 is 1.21 bits per heavy atom. The summed E-state index contributed by atoms with van der Waals surface area (Å²) in [5, 5.41) is 1.25. The van der Waals surface area contributed by atoms with E-state index in [4.69, 9.17) is 11.6 Å². The van der Waals surface area contributed by atoms with Gasteiger partial charge in [-0.1, -0.05) is 12.1 Å². The van der Waals surface area contributed by atoms with Crippen molar-refractivity contribution in [3.05, 3.63) is 35.3 Å². The van der Waals surface area contributed by atoms with Gasteiger partial charge >= 0.3 is 0 Å². The quantitative estimate of drug-likeness (QED) is 0.667. The molecule has 3 heteroatoms. The first kappa shape index (κ1) is 8.18. The molecule has 2 nitrogen and oxygen atoms in total. The number of halogens is 1. The molecule has 0 atom stereocenters. The van der Waals surface area contributed by atoms with Gasteiger partial charge in [0.25, 0.3) is 0 Å². The second kappa shape index (κ2) is 2.92. The smallest absolute Gasteiger partial charge is 0.144 e. The fourth-order valence-electron chi connectivity index (χ4n) is 2.09. The van der Waals surface area contributed by atoms with Crippen molar-refractivity contribution in [2.75, 3.05) is 0 Å². The number of aromatic nitrogens is 2. The lowest BCUT2D eigenvalue weighted by Gasteiger charge is -2.02. The van der Waals surface area contributed by atoms with Gasteiger partial charge in [0.1, 0.15) is 5.82 Å². The molecule has 3 rings (SSSR count). The minimum absolute atomic E-state index is 0.396. The summed E-state index contributed by atoms with van der Waals surface area (Å²) in [5.74, 6) is 1.14. The van der Waals surface area contributed by atoms with Crippen LogP contribution in [0, 0.1) is 0 Å². The summed E-state index contributed by atoms with van der Waals surface area (Å²) < 4.78 is 0. The Bertz CT molecular complexity index is 508. The standard InChI is InChI=1S/C11H9ClN2/c12-6-10-13-8-3-1-2-7-4-5-9(14-10)11(7)8/h1-3H,4-6H2. The first-order valence-electron chi connectivity index (χ1n) is 4.72. The van der Waals surface area contributed by atoms with Gasteiger partial charge in [0.05, 0.1) is 17.1 Å². The maximum absolute atomic E-state index is 5.75. The summed E-state index contributed by atoms with van der Waals surface area (Å²) in [7, 11) is 0. The van der Waals surface area contributed by atoms with Crippen LogP contribution in [0.15, 0.2) is 18.2 Å². The average Bonchev–Trinajstić information content (AvgIpc) is 2.64. The third-order valence-electron chi connectivity index (χ3n) is 2.68. The normalized spacial score (nSPS) is 13.8. The topological polar surface area (TPSA) is 25.8 Å². The molecule has 1 aliphatic carbocycles. The van der Waals surface area contributed by atoms with Crippen LogP contribution in [0.5, 0.6) is 0 Å². The highest BCUT2D eigenvalue weighted by Gasteiger charge is 2.16. The van der Waals surface area contributed by atoms with Crippen LogP contribution < -0.4 is 0 Å². The molecule has 0 amide bonds. The summed E-state index contributed by atoms with van der Waals surface area (Å²) >= 11 is 5.75. The Hall–Kier alpha value is -1.15. The van der Waals surface area contributed by atoms with Crippen LogP contribution in [0.25, 0.3) is 10.9 Å². The molecule has 0 bridgehead atoms. The Kier molecular flexibility index (Phi) is 1.71. The van der Waals surface area contributed by atoms with Crippen LogP contribution in [-0.2, 0) is 18.7 Å². The van der Waals surface area contributed by atoms with Gasteiger partial charge in [-0.15, -0.1) is 11.6 Å². The van der Waals surface area contributed by atoms with Gasteiger partial charge in [-0.3, -0.25) is 0 Å². The number of benzene rings is 1. The second-order valence-electron chi connectivity index (χ2n) is 3.53. The predicted octanol–water partition coefficient (Wildman–Crippen LogP) is 2.47.